The predicted molar refractivity (Wildman–Crippen MR) is 83.6 cm³/mol. The average Bonchev–Trinajstić information content (AvgIpc) is 3.27. The van der Waals surface area contributed by atoms with Gasteiger partial charge in [-0.05, 0) is 48.7 Å². The van der Waals surface area contributed by atoms with Crippen LogP contribution >= 0.6 is 11.8 Å². The number of rotatable bonds is 7. The van der Waals surface area contributed by atoms with Gasteiger partial charge >= 0.3 is 5.69 Å². The Morgan fingerprint density at radius 3 is 2.81 bits per heavy atom. The Kier molecular flexibility index (Phi) is 4.45. The molecule has 1 aromatic carbocycles. The van der Waals surface area contributed by atoms with Crippen LogP contribution < -0.4 is 11.0 Å². The number of benzene rings is 1. The summed E-state index contributed by atoms with van der Waals surface area (Å²) < 4.78 is 1.69. The van der Waals surface area contributed by atoms with E-state index in [9.17, 15) is 4.79 Å². The van der Waals surface area contributed by atoms with Gasteiger partial charge in [-0.3, -0.25) is 4.57 Å². The quantitative estimate of drug-likeness (QED) is 0.824. The number of H-pyrrole nitrogens is 1. The highest BCUT2D eigenvalue weighted by Gasteiger charge is 2.19. The van der Waals surface area contributed by atoms with Gasteiger partial charge in [-0.2, -0.15) is 0 Å². The molecule has 0 bridgehead atoms. The molecule has 2 N–H and O–H groups in total. The molecule has 21 heavy (non-hydrogen) atoms. The van der Waals surface area contributed by atoms with Crippen LogP contribution in [0, 0.1) is 0 Å². The van der Waals surface area contributed by atoms with E-state index in [0.29, 0.717) is 6.54 Å². The molecular formula is C15H20N4OS. The number of hydrogen-bond acceptors (Lipinski definition) is 4. The molecule has 1 aliphatic rings. The topological polar surface area (TPSA) is 62.7 Å². The molecule has 1 heterocycles. The van der Waals surface area contributed by atoms with Gasteiger partial charge in [-0.25, -0.2) is 9.89 Å². The summed E-state index contributed by atoms with van der Waals surface area (Å²) in [6, 6.07) is 9.17. The van der Waals surface area contributed by atoms with Gasteiger partial charge in [0.1, 0.15) is 0 Å². The van der Waals surface area contributed by atoms with Crippen LogP contribution in [0.3, 0.4) is 0 Å². The fraction of sp³-hybridized carbons (Fsp3) is 0.467. The highest BCUT2D eigenvalue weighted by molar-refractivity contribution is 7.99. The van der Waals surface area contributed by atoms with Crippen LogP contribution in [0.5, 0.6) is 0 Å². The molecule has 6 heteroatoms. The molecule has 0 spiro atoms. The van der Waals surface area contributed by atoms with Crippen LogP contribution in [0.15, 0.2) is 39.1 Å². The van der Waals surface area contributed by atoms with Crippen molar-refractivity contribution < 1.29 is 0 Å². The van der Waals surface area contributed by atoms with E-state index in [-0.39, 0.29) is 5.69 Å². The van der Waals surface area contributed by atoms with Crippen LogP contribution in [-0.4, -0.2) is 20.8 Å². The Morgan fingerprint density at radius 1 is 1.38 bits per heavy atom. The number of nitrogens with one attached hydrogen (secondary N) is 2. The molecule has 0 saturated heterocycles. The first-order valence-electron chi connectivity index (χ1n) is 7.41. The molecule has 0 unspecified atom stereocenters. The fourth-order valence-electron chi connectivity index (χ4n) is 2.13. The first kappa shape index (κ1) is 14.4. The summed E-state index contributed by atoms with van der Waals surface area (Å²) in [5, 5.41) is 10.8. The highest BCUT2D eigenvalue weighted by Crippen LogP contribution is 2.25. The molecule has 1 aromatic heterocycles. The number of nitrogens with zero attached hydrogens (tertiary/aromatic N) is 2. The standard InChI is InChI=1S/C15H20N4OS/c1-2-9-19-14(20)17-18-15(19)21-13-7-3-11(4-8-13)10-16-12-5-6-12/h3-4,7-8,12,16H,2,5-6,9-10H2,1H3,(H,17,20). The molecule has 1 saturated carbocycles. The summed E-state index contributed by atoms with van der Waals surface area (Å²) in [4.78, 5) is 12.8. The van der Waals surface area contributed by atoms with Crippen LogP contribution in [0.2, 0.25) is 0 Å². The normalized spacial score (nSPS) is 14.5. The van der Waals surface area contributed by atoms with Crippen LogP contribution in [0.25, 0.3) is 0 Å². The zero-order valence-electron chi connectivity index (χ0n) is 12.1. The lowest BCUT2D eigenvalue weighted by Crippen LogP contribution is -2.17. The van der Waals surface area contributed by atoms with E-state index in [0.717, 1.165) is 29.1 Å². The van der Waals surface area contributed by atoms with E-state index >= 15 is 0 Å². The molecule has 0 aliphatic heterocycles. The molecule has 0 amide bonds. The first-order valence-corrected chi connectivity index (χ1v) is 8.23. The summed E-state index contributed by atoms with van der Waals surface area (Å²) >= 11 is 1.52. The van der Waals surface area contributed by atoms with Crippen molar-refractivity contribution in [3.8, 4) is 0 Å². The van der Waals surface area contributed by atoms with E-state index in [1.807, 2.05) is 0 Å². The molecular weight excluding hydrogens is 284 g/mol. The Morgan fingerprint density at radius 2 is 2.14 bits per heavy atom. The van der Waals surface area contributed by atoms with E-state index in [1.165, 1.54) is 30.2 Å². The van der Waals surface area contributed by atoms with Crippen LogP contribution in [0.1, 0.15) is 31.7 Å². The van der Waals surface area contributed by atoms with Crippen molar-refractivity contribution in [1.82, 2.24) is 20.1 Å². The molecule has 0 radical (unpaired) electrons. The van der Waals surface area contributed by atoms with Crippen LogP contribution in [-0.2, 0) is 13.1 Å². The second-order valence-corrected chi connectivity index (χ2v) is 6.40. The molecule has 2 aromatic rings. The lowest BCUT2D eigenvalue weighted by atomic mass is 10.2. The number of aromatic amines is 1. The van der Waals surface area contributed by atoms with E-state index in [1.54, 1.807) is 4.57 Å². The zero-order valence-corrected chi connectivity index (χ0v) is 12.9. The van der Waals surface area contributed by atoms with Crippen molar-refractivity contribution in [3.05, 3.63) is 40.3 Å². The van der Waals surface area contributed by atoms with Gasteiger partial charge in [0.15, 0.2) is 5.16 Å². The van der Waals surface area contributed by atoms with E-state index in [2.05, 4.69) is 46.7 Å². The second-order valence-electron chi connectivity index (χ2n) is 5.36. The summed E-state index contributed by atoms with van der Waals surface area (Å²) in [6.45, 7) is 3.68. The van der Waals surface area contributed by atoms with Crippen molar-refractivity contribution in [2.24, 2.45) is 0 Å². The SMILES string of the molecule is CCCn1c(Sc2ccc(CNC3CC3)cc2)n[nH]c1=O. The highest BCUT2D eigenvalue weighted by atomic mass is 32.2. The van der Waals surface area contributed by atoms with Crippen molar-refractivity contribution in [2.75, 3.05) is 0 Å². The Bertz CT molecular complexity index is 642. The van der Waals surface area contributed by atoms with E-state index in [4.69, 9.17) is 0 Å². The average molecular weight is 304 g/mol. The van der Waals surface area contributed by atoms with Gasteiger partial charge in [0, 0.05) is 24.0 Å². The maximum absolute atomic E-state index is 11.7. The first-order chi connectivity index (χ1) is 10.3. The molecule has 3 rings (SSSR count). The third-order valence-corrected chi connectivity index (χ3v) is 4.48. The summed E-state index contributed by atoms with van der Waals surface area (Å²) in [7, 11) is 0. The maximum atomic E-state index is 11.7. The second kappa shape index (κ2) is 6.49. The van der Waals surface area contributed by atoms with Gasteiger partial charge in [0.05, 0.1) is 0 Å². The smallest absolute Gasteiger partial charge is 0.310 e. The minimum atomic E-state index is -0.135. The summed E-state index contributed by atoms with van der Waals surface area (Å²) in [5.41, 5.74) is 1.16. The third kappa shape index (κ3) is 3.77. The van der Waals surface area contributed by atoms with Gasteiger partial charge in [0.25, 0.3) is 0 Å². The molecule has 5 nitrogen and oxygen atoms in total. The predicted octanol–water partition coefficient (Wildman–Crippen LogP) is 2.38. The van der Waals surface area contributed by atoms with Gasteiger partial charge in [0.2, 0.25) is 0 Å². The minimum Gasteiger partial charge on any atom is -0.310 e. The summed E-state index contributed by atoms with van der Waals surface area (Å²) in [5.74, 6) is 0. The number of hydrogen-bond donors (Lipinski definition) is 2. The number of aromatic nitrogens is 3. The maximum Gasteiger partial charge on any atom is 0.343 e. The largest absolute Gasteiger partial charge is 0.343 e. The zero-order chi connectivity index (χ0) is 14.7. The van der Waals surface area contributed by atoms with Gasteiger partial charge < -0.3 is 5.32 Å². The van der Waals surface area contributed by atoms with E-state index < -0.39 is 0 Å². The van der Waals surface area contributed by atoms with Gasteiger partial charge in [-0.15, -0.1) is 5.10 Å². The van der Waals surface area contributed by atoms with Gasteiger partial charge in [-0.1, -0.05) is 19.1 Å². The van der Waals surface area contributed by atoms with Crippen molar-refractivity contribution in [3.63, 3.8) is 0 Å². The molecule has 112 valence electrons. The lowest BCUT2D eigenvalue weighted by Gasteiger charge is -2.06. The van der Waals surface area contributed by atoms with Crippen molar-refractivity contribution in [2.45, 2.75) is 55.4 Å². The monoisotopic (exact) mass is 304 g/mol. The Labute approximate surface area is 128 Å². The molecule has 1 aliphatic carbocycles. The summed E-state index contributed by atoms with van der Waals surface area (Å²) in [6.07, 6.45) is 3.53. The Hall–Kier alpha value is -1.53. The molecule has 1 fully saturated rings. The van der Waals surface area contributed by atoms with Crippen molar-refractivity contribution >= 4 is 11.8 Å². The lowest BCUT2D eigenvalue weighted by molar-refractivity contribution is 0.604. The van der Waals surface area contributed by atoms with Crippen LogP contribution in [0.4, 0.5) is 0 Å². The fourth-order valence-corrected chi connectivity index (χ4v) is 2.99. The third-order valence-electron chi connectivity index (χ3n) is 3.48. The van der Waals surface area contributed by atoms with Crippen molar-refractivity contribution in [1.29, 1.82) is 0 Å². The Balaban J connectivity index is 1.65. The molecule has 0 atom stereocenters. The minimum absolute atomic E-state index is 0.135.